The summed E-state index contributed by atoms with van der Waals surface area (Å²) in [5, 5.41) is 31.3. The molecule has 0 aliphatic heterocycles. The second-order valence-electron chi connectivity index (χ2n) is 9.12. The zero-order valence-electron chi connectivity index (χ0n) is 22.2. The van der Waals surface area contributed by atoms with Gasteiger partial charge in [0, 0.05) is 18.5 Å². The lowest BCUT2D eigenvalue weighted by Gasteiger charge is -2.13. The largest absolute Gasteiger partial charge is 0.461 e. The van der Waals surface area contributed by atoms with Crippen LogP contribution in [0.5, 0.6) is 0 Å². The second-order valence-corrected chi connectivity index (χ2v) is 9.48. The Balaban J connectivity index is 1.48. The van der Waals surface area contributed by atoms with E-state index < -0.39 is 5.97 Å². The highest BCUT2D eigenvalue weighted by molar-refractivity contribution is 6.32. The Morgan fingerprint density at radius 2 is 1.77 bits per heavy atom. The minimum absolute atomic E-state index is 0.126. The highest BCUT2D eigenvalue weighted by atomic mass is 35.5. The number of esters is 1. The number of unbranched alkanes of at least 4 members (excludes halogenated alkanes) is 3. The summed E-state index contributed by atoms with van der Waals surface area (Å²) in [6.45, 7) is 2.84. The van der Waals surface area contributed by atoms with Crippen molar-refractivity contribution < 1.29 is 24.8 Å². The van der Waals surface area contributed by atoms with E-state index in [1.165, 1.54) is 0 Å². The number of H-pyrrole nitrogens is 1. The van der Waals surface area contributed by atoms with E-state index in [0.717, 1.165) is 40.9 Å². The number of ether oxygens (including phenoxy) is 1. The maximum atomic E-state index is 13.0. The van der Waals surface area contributed by atoms with Crippen LogP contribution in [-0.2, 0) is 22.5 Å². The maximum Gasteiger partial charge on any atom is 0.358 e. The number of rotatable bonds is 15. The van der Waals surface area contributed by atoms with Crippen molar-refractivity contribution in [3.8, 4) is 22.5 Å². The molecule has 0 saturated heterocycles. The van der Waals surface area contributed by atoms with Crippen LogP contribution < -0.4 is 0 Å². The van der Waals surface area contributed by atoms with E-state index in [4.69, 9.17) is 26.8 Å². The molecule has 0 fully saturated rings. The molecule has 0 aliphatic rings. The Labute approximate surface area is 236 Å². The molecule has 0 saturated carbocycles. The average Bonchev–Trinajstić information content (AvgIpc) is 3.60. The maximum absolute atomic E-state index is 13.0. The number of aromatic amines is 1. The molecule has 0 bridgehead atoms. The van der Waals surface area contributed by atoms with Gasteiger partial charge in [-0.15, -0.1) is 10.2 Å². The monoisotopic (exact) mass is 569 g/mol. The van der Waals surface area contributed by atoms with Crippen molar-refractivity contribution in [2.75, 3.05) is 13.2 Å². The fourth-order valence-corrected chi connectivity index (χ4v) is 4.57. The van der Waals surface area contributed by atoms with E-state index in [2.05, 4.69) is 37.4 Å². The predicted octanol–water partition coefficient (Wildman–Crippen LogP) is 5.11. The van der Waals surface area contributed by atoms with Gasteiger partial charge in [-0.1, -0.05) is 73.5 Å². The van der Waals surface area contributed by atoms with E-state index in [1.54, 1.807) is 0 Å². The minimum atomic E-state index is -0.529. The smallest absolute Gasteiger partial charge is 0.358 e. The summed E-state index contributed by atoms with van der Waals surface area (Å²) >= 11 is 6.45. The summed E-state index contributed by atoms with van der Waals surface area (Å²) in [5.74, 6) is 0.728. The number of nitrogens with zero attached hydrogens (tertiary/aromatic N) is 6. The zero-order chi connectivity index (χ0) is 28.3. The summed E-state index contributed by atoms with van der Waals surface area (Å²) in [6, 6.07) is 15.9. The number of carbonyl (C=O) groups is 1. The molecule has 0 spiro atoms. The predicted molar refractivity (Wildman–Crippen MR) is 145 cm³/mol. The van der Waals surface area contributed by atoms with Crippen molar-refractivity contribution in [1.82, 2.24) is 35.6 Å². The van der Waals surface area contributed by atoms with Gasteiger partial charge in [-0.25, -0.2) is 9.78 Å². The topological polar surface area (TPSA) is 152 Å². The normalized spacial score (nSPS) is 11.3. The van der Waals surface area contributed by atoms with Gasteiger partial charge in [0.15, 0.2) is 10.8 Å². The van der Waals surface area contributed by atoms with Crippen molar-refractivity contribution in [3.05, 3.63) is 70.8 Å². The number of nitrogens with one attached hydrogen (secondary N) is 1. The molecule has 212 valence electrons. The molecule has 0 amide bonds. The molecular weight excluding hydrogens is 538 g/mol. The molecule has 13 heteroatoms. The summed E-state index contributed by atoms with van der Waals surface area (Å²) in [5.41, 5.74) is 4.05. The molecule has 4 aromatic rings. The first-order chi connectivity index (χ1) is 19.5. The fourth-order valence-electron chi connectivity index (χ4n) is 4.30. The highest BCUT2D eigenvalue weighted by Crippen LogP contribution is 2.30. The number of benzene rings is 2. The number of aromatic nitrogens is 6. The van der Waals surface area contributed by atoms with Crippen molar-refractivity contribution in [2.24, 2.45) is 0 Å². The Morgan fingerprint density at radius 1 is 1.02 bits per heavy atom. The fraction of sp³-hybridized carbons (Fsp3) is 0.370. The van der Waals surface area contributed by atoms with Gasteiger partial charge in [-0.2, -0.15) is 5.21 Å². The van der Waals surface area contributed by atoms with Crippen LogP contribution in [0.1, 0.15) is 60.9 Å². The molecule has 2 aromatic heterocycles. The quantitative estimate of drug-likeness (QED) is 0.0999. The molecule has 0 radical (unpaired) electrons. The standard InChI is InChI=1S/C27H32ClN7O5/c1-2-3-11-23-29-25(28)24(27(36)39-16-7-4-8-17-40-35(37)38)34(23)18-19-12-14-20(15-13-19)21-9-5-6-10-22(21)26-30-32-33-31-26/h5-6,9-10,12-15,37-38H,2-4,7-8,11,16-18H2,1H3,(H,30,31,32,33). The van der Waals surface area contributed by atoms with Crippen LogP contribution in [0.2, 0.25) is 5.15 Å². The molecule has 3 N–H and O–H groups in total. The van der Waals surface area contributed by atoms with Crippen LogP contribution in [0.25, 0.3) is 22.5 Å². The van der Waals surface area contributed by atoms with Gasteiger partial charge in [-0.3, -0.25) is 15.3 Å². The molecule has 12 nitrogen and oxygen atoms in total. The molecule has 2 aromatic carbocycles. The first kappa shape index (κ1) is 29.3. The van der Waals surface area contributed by atoms with Gasteiger partial charge in [0.25, 0.3) is 0 Å². The van der Waals surface area contributed by atoms with Crippen LogP contribution in [-0.4, -0.2) is 65.2 Å². The first-order valence-electron chi connectivity index (χ1n) is 13.1. The van der Waals surface area contributed by atoms with Gasteiger partial charge < -0.3 is 9.30 Å². The summed E-state index contributed by atoms with van der Waals surface area (Å²) in [6.07, 6.45) is 4.42. The third-order valence-electron chi connectivity index (χ3n) is 6.30. The van der Waals surface area contributed by atoms with Gasteiger partial charge in [0.2, 0.25) is 5.82 Å². The van der Waals surface area contributed by atoms with Crippen LogP contribution in [0.4, 0.5) is 0 Å². The molecule has 0 atom stereocenters. The Hall–Kier alpha value is -3.68. The van der Waals surface area contributed by atoms with Crippen molar-refractivity contribution in [2.45, 2.75) is 52.0 Å². The SMILES string of the molecule is CCCCc1nc(Cl)c(C(=O)OCCCCCON(O)O)n1Cc1ccc(-c2ccccc2-c2nn[nH]n2)cc1. The molecule has 4 rings (SSSR count). The third-order valence-corrected chi connectivity index (χ3v) is 6.56. The van der Waals surface area contributed by atoms with Crippen LogP contribution in [0, 0.1) is 0 Å². The Morgan fingerprint density at radius 3 is 2.48 bits per heavy atom. The summed E-state index contributed by atoms with van der Waals surface area (Å²) in [4.78, 5) is 22.1. The van der Waals surface area contributed by atoms with Crippen molar-refractivity contribution in [3.63, 3.8) is 0 Å². The molecule has 2 heterocycles. The molecular formula is C27H32ClN7O5. The van der Waals surface area contributed by atoms with Crippen LogP contribution in [0.3, 0.4) is 0 Å². The lowest BCUT2D eigenvalue weighted by molar-refractivity contribution is -0.492. The average molecular weight is 570 g/mol. The Kier molecular flexibility index (Phi) is 10.7. The number of halogens is 1. The molecule has 40 heavy (non-hydrogen) atoms. The van der Waals surface area contributed by atoms with E-state index in [-0.39, 0.29) is 29.5 Å². The summed E-state index contributed by atoms with van der Waals surface area (Å²) < 4.78 is 7.35. The summed E-state index contributed by atoms with van der Waals surface area (Å²) in [7, 11) is 0. The third kappa shape index (κ3) is 7.71. The first-order valence-corrected chi connectivity index (χ1v) is 13.5. The lowest BCUT2D eigenvalue weighted by atomic mass is 9.98. The number of hydrogen-bond acceptors (Lipinski definition) is 10. The minimum Gasteiger partial charge on any atom is -0.461 e. The van der Waals surface area contributed by atoms with E-state index in [9.17, 15) is 4.79 Å². The van der Waals surface area contributed by atoms with E-state index in [0.29, 0.717) is 38.1 Å². The van der Waals surface area contributed by atoms with Crippen molar-refractivity contribution >= 4 is 17.6 Å². The number of hydrogen-bond donors (Lipinski definition) is 3. The molecule has 0 aliphatic carbocycles. The zero-order valence-corrected chi connectivity index (χ0v) is 22.9. The van der Waals surface area contributed by atoms with Gasteiger partial charge in [-0.05, 0) is 47.6 Å². The van der Waals surface area contributed by atoms with E-state index >= 15 is 0 Å². The van der Waals surface area contributed by atoms with Crippen LogP contribution in [0.15, 0.2) is 48.5 Å². The lowest BCUT2D eigenvalue weighted by Crippen LogP contribution is -2.16. The van der Waals surface area contributed by atoms with Gasteiger partial charge in [0.1, 0.15) is 5.82 Å². The van der Waals surface area contributed by atoms with Crippen molar-refractivity contribution in [1.29, 1.82) is 0 Å². The number of imidazole rings is 1. The van der Waals surface area contributed by atoms with E-state index in [1.807, 2.05) is 53.1 Å². The number of tetrazole rings is 1. The Bertz CT molecular complexity index is 1360. The molecule has 0 unspecified atom stereocenters. The van der Waals surface area contributed by atoms with Gasteiger partial charge >= 0.3 is 5.97 Å². The van der Waals surface area contributed by atoms with Gasteiger partial charge in [0.05, 0.1) is 18.6 Å². The number of aryl methyl sites for hydroxylation is 1. The highest BCUT2D eigenvalue weighted by Gasteiger charge is 2.23. The van der Waals surface area contributed by atoms with Crippen LogP contribution >= 0.6 is 11.6 Å². The number of carbonyl (C=O) groups excluding carboxylic acids is 1. The second kappa shape index (κ2) is 14.6.